The van der Waals surface area contributed by atoms with Crippen molar-refractivity contribution in [1.29, 1.82) is 0 Å². The van der Waals surface area contributed by atoms with Crippen molar-refractivity contribution in [3.05, 3.63) is 70.8 Å². The van der Waals surface area contributed by atoms with E-state index >= 15 is 0 Å². The van der Waals surface area contributed by atoms with Gasteiger partial charge in [-0.2, -0.15) is 5.10 Å². The smallest absolute Gasteiger partial charge is 0.267 e. The highest BCUT2D eigenvalue weighted by Gasteiger charge is 2.04. The molecular formula is C17H18N2O. The Morgan fingerprint density at radius 3 is 2.30 bits per heavy atom. The first kappa shape index (κ1) is 14.0. The number of hydrogen-bond donors (Lipinski definition) is 1. The largest absolute Gasteiger partial charge is 0.271 e. The maximum atomic E-state index is 12.0. The molecule has 0 bridgehead atoms. The molecule has 0 saturated carbocycles. The third-order valence-corrected chi connectivity index (χ3v) is 3.07. The standard InChI is InChI=1S/C17H18N2O/c1-12-7-9-15(10-8-12)14(3)18-19-17(20)16-6-4-5-13(2)11-16/h4-11H,1-3H3,(H,19,20). The molecule has 2 aromatic carbocycles. The lowest BCUT2D eigenvalue weighted by molar-refractivity contribution is 0.0954. The lowest BCUT2D eigenvalue weighted by Gasteiger charge is -2.04. The molecule has 0 atom stereocenters. The summed E-state index contributed by atoms with van der Waals surface area (Å²) in [6.07, 6.45) is 0. The second kappa shape index (κ2) is 6.15. The Morgan fingerprint density at radius 1 is 0.950 bits per heavy atom. The Morgan fingerprint density at radius 2 is 1.65 bits per heavy atom. The number of amides is 1. The first-order chi connectivity index (χ1) is 9.56. The van der Waals surface area contributed by atoms with Gasteiger partial charge in [0.15, 0.2) is 0 Å². The average Bonchev–Trinajstić information content (AvgIpc) is 2.45. The van der Waals surface area contributed by atoms with Crippen LogP contribution in [0, 0.1) is 13.8 Å². The number of nitrogens with zero attached hydrogens (tertiary/aromatic N) is 1. The van der Waals surface area contributed by atoms with Crippen molar-refractivity contribution in [1.82, 2.24) is 5.43 Å². The first-order valence-corrected chi connectivity index (χ1v) is 6.54. The van der Waals surface area contributed by atoms with Crippen molar-refractivity contribution >= 4 is 11.6 Å². The predicted octanol–water partition coefficient (Wildman–Crippen LogP) is 3.46. The van der Waals surface area contributed by atoms with Crippen molar-refractivity contribution in [2.75, 3.05) is 0 Å². The molecule has 0 aliphatic rings. The minimum Gasteiger partial charge on any atom is -0.267 e. The normalized spacial score (nSPS) is 11.2. The lowest BCUT2D eigenvalue weighted by atomic mass is 10.1. The van der Waals surface area contributed by atoms with Crippen LogP contribution in [0.4, 0.5) is 0 Å². The summed E-state index contributed by atoms with van der Waals surface area (Å²) in [6.45, 7) is 5.87. The number of hydrogen-bond acceptors (Lipinski definition) is 2. The number of benzene rings is 2. The summed E-state index contributed by atoms with van der Waals surface area (Å²) >= 11 is 0. The van der Waals surface area contributed by atoms with E-state index in [9.17, 15) is 4.79 Å². The van der Waals surface area contributed by atoms with Crippen molar-refractivity contribution < 1.29 is 4.79 Å². The van der Waals surface area contributed by atoms with Gasteiger partial charge in [0.05, 0.1) is 5.71 Å². The van der Waals surface area contributed by atoms with Gasteiger partial charge in [0.2, 0.25) is 0 Å². The summed E-state index contributed by atoms with van der Waals surface area (Å²) in [5, 5.41) is 4.15. The van der Waals surface area contributed by atoms with Crippen molar-refractivity contribution in [3.63, 3.8) is 0 Å². The number of carbonyl (C=O) groups excluding carboxylic acids is 1. The van der Waals surface area contributed by atoms with E-state index in [0.29, 0.717) is 5.56 Å². The molecule has 0 radical (unpaired) electrons. The molecule has 0 fully saturated rings. The van der Waals surface area contributed by atoms with Gasteiger partial charge in [0.25, 0.3) is 5.91 Å². The van der Waals surface area contributed by atoms with Gasteiger partial charge >= 0.3 is 0 Å². The highest BCUT2D eigenvalue weighted by atomic mass is 16.2. The van der Waals surface area contributed by atoms with Gasteiger partial charge in [0, 0.05) is 5.56 Å². The number of carbonyl (C=O) groups is 1. The highest BCUT2D eigenvalue weighted by Crippen LogP contribution is 2.06. The SMILES string of the molecule is CC(=NNC(=O)c1cccc(C)c1)c1ccc(C)cc1. The van der Waals surface area contributed by atoms with Gasteiger partial charge in [-0.3, -0.25) is 4.79 Å². The summed E-state index contributed by atoms with van der Waals surface area (Å²) in [5.41, 5.74) is 7.24. The van der Waals surface area contributed by atoms with Crippen LogP contribution in [0.5, 0.6) is 0 Å². The fourth-order valence-electron chi connectivity index (χ4n) is 1.84. The average molecular weight is 266 g/mol. The summed E-state index contributed by atoms with van der Waals surface area (Å²) in [4.78, 5) is 12.0. The molecule has 0 heterocycles. The molecule has 0 aliphatic carbocycles. The molecule has 2 rings (SSSR count). The third kappa shape index (κ3) is 3.54. The quantitative estimate of drug-likeness (QED) is 0.671. The minimum absolute atomic E-state index is 0.194. The highest BCUT2D eigenvalue weighted by molar-refractivity contribution is 6.00. The first-order valence-electron chi connectivity index (χ1n) is 6.54. The molecule has 0 spiro atoms. The topological polar surface area (TPSA) is 41.5 Å². The zero-order chi connectivity index (χ0) is 14.5. The maximum Gasteiger partial charge on any atom is 0.271 e. The van der Waals surface area contributed by atoms with E-state index in [-0.39, 0.29) is 5.91 Å². The lowest BCUT2D eigenvalue weighted by Crippen LogP contribution is -2.19. The van der Waals surface area contributed by atoms with Crippen LogP contribution in [-0.4, -0.2) is 11.6 Å². The molecule has 1 N–H and O–H groups in total. The Bertz CT molecular complexity index is 642. The van der Waals surface area contributed by atoms with Gasteiger partial charge in [0.1, 0.15) is 0 Å². The van der Waals surface area contributed by atoms with Gasteiger partial charge < -0.3 is 0 Å². The summed E-state index contributed by atoms with van der Waals surface area (Å²) in [5.74, 6) is -0.194. The van der Waals surface area contributed by atoms with Crippen LogP contribution >= 0.6 is 0 Å². The molecule has 3 nitrogen and oxygen atoms in total. The molecule has 1 amide bonds. The fourth-order valence-corrected chi connectivity index (χ4v) is 1.84. The Kier molecular flexibility index (Phi) is 4.31. The van der Waals surface area contributed by atoms with E-state index in [4.69, 9.17) is 0 Å². The van der Waals surface area contributed by atoms with E-state index in [0.717, 1.165) is 16.8 Å². The minimum atomic E-state index is -0.194. The molecule has 3 heteroatoms. The molecule has 20 heavy (non-hydrogen) atoms. The zero-order valence-electron chi connectivity index (χ0n) is 12.0. The fraction of sp³-hybridized carbons (Fsp3) is 0.176. The van der Waals surface area contributed by atoms with Crippen LogP contribution in [-0.2, 0) is 0 Å². The molecule has 2 aromatic rings. The molecule has 0 saturated heterocycles. The second-order valence-electron chi connectivity index (χ2n) is 4.87. The predicted molar refractivity (Wildman–Crippen MR) is 82.0 cm³/mol. The van der Waals surface area contributed by atoms with Gasteiger partial charge in [-0.25, -0.2) is 5.43 Å². The van der Waals surface area contributed by atoms with Crippen LogP contribution in [0.3, 0.4) is 0 Å². The van der Waals surface area contributed by atoms with Crippen LogP contribution in [0.25, 0.3) is 0 Å². The van der Waals surface area contributed by atoms with Crippen molar-refractivity contribution in [2.45, 2.75) is 20.8 Å². The molecule has 0 aliphatic heterocycles. The molecule has 102 valence electrons. The summed E-state index contributed by atoms with van der Waals surface area (Å²) in [7, 11) is 0. The number of hydrazone groups is 1. The van der Waals surface area contributed by atoms with E-state index in [2.05, 4.69) is 10.5 Å². The van der Waals surface area contributed by atoms with E-state index in [1.165, 1.54) is 5.56 Å². The molecular weight excluding hydrogens is 248 g/mol. The molecule has 0 aromatic heterocycles. The van der Waals surface area contributed by atoms with E-state index in [1.54, 1.807) is 6.07 Å². The number of nitrogens with one attached hydrogen (secondary N) is 1. The van der Waals surface area contributed by atoms with Gasteiger partial charge in [-0.1, -0.05) is 47.5 Å². The van der Waals surface area contributed by atoms with Crippen LogP contribution < -0.4 is 5.43 Å². The molecule has 0 unspecified atom stereocenters. The van der Waals surface area contributed by atoms with Crippen molar-refractivity contribution in [3.8, 4) is 0 Å². The second-order valence-corrected chi connectivity index (χ2v) is 4.87. The maximum absolute atomic E-state index is 12.0. The van der Waals surface area contributed by atoms with Gasteiger partial charge in [-0.05, 0) is 38.5 Å². The number of aryl methyl sites for hydroxylation is 2. The van der Waals surface area contributed by atoms with Gasteiger partial charge in [-0.15, -0.1) is 0 Å². The Hall–Kier alpha value is -2.42. The van der Waals surface area contributed by atoms with E-state index < -0.39 is 0 Å². The Balaban J connectivity index is 2.08. The van der Waals surface area contributed by atoms with E-state index in [1.807, 2.05) is 63.2 Å². The monoisotopic (exact) mass is 266 g/mol. The summed E-state index contributed by atoms with van der Waals surface area (Å²) in [6, 6.07) is 15.5. The number of rotatable bonds is 3. The summed E-state index contributed by atoms with van der Waals surface area (Å²) < 4.78 is 0. The van der Waals surface area contributed by atoms with Crippen LogP contribution in [0.15, 0.2) is 53.6 Å². The van der Waals surface area contributed by atoms with Crippen molar-refractivity contribution in [2.24, 2.45) is 5.10 Å². The van der Waals surface area contributed by atoms with Crippen LogP contribution in [0.2, 0.25) is 0 Å². The Labute approximate surface area is 119 Å². The third-order valence-electron chi connectivity index (χ3n) is 3.07. The zero-order valence-corrected chi connectivity index (χ0v) is 12.0. The van der Waals surface area contributed by atoms with Crippen LogP contribution in [0.1, 0.15) is 34.0 Å².